The fourth-order valence-electron chi connectivity index (χ4n) is 2.85. The zero-order valence-electron chi connectivity index (χ0n) is 12.5. The molecule has 0 unspecified atom stereocenters. The average molecular weight is 305 g/mol. The highest BCUT2D eigenvalue weighted by atomic mass is 16.6. The van der Waals surface area contributed by atoms with Gasteiger partial charge in [-0.1, -0.05) is 18.2 Å². The summed E-state index contributed by atoms with van der Waals surface area (Å²) in [5.41, 5.74) is 4.75. The first-order chi connectivity index (χ1) is 11.2. The summed E-state index contributed by atoms with van der Waals surface area (Å²) in [5, 5.41) is 23.1. The molecule has 0 radical (unpaired) electrons. The second-order valence-corrected chi connectivity index (χ2v) is 5.46. The van der Waals surface area contributed by atoms with Crippen LogP contribution in [0.2, 0.25) is 0 Å². The van der Waals surface area contributed by atoms with E-state index in [1.807, 2.05) is 12.1 Å². The summed E-state index contributed by atoms with van der Waals surface area (Å²) in [6.45, 7) is 0. The number of nitrogens with zero attached hydrogens (tertiary/aromatic N) is 2. The number of nitro groups is 1. The van der Waals surface area contributed by atoms with Gasteiger partial charge in [-0.3, -0.25) is 10.1 Å². The molecule has 0 heterocycles. The number of benzene rings is 2. The minimum absolute atomic E-state index is 0.00194. The lowest BCUT2D eigenvalue weighted by Crippen LogP contribution is -2.00. The number of nitrogens with one attached hydrogen (secondary N) is 1. The van der Waals surface area contributed by atoms with Crippen molar-refractivity contribution in [1.82, 2.24) is 0 Å². The first-order valence-electron chi connectivity index (χ1n) is 7.41. The minimum atomic E-state index is -0.442. The Morgan fingerprint density at radius 2 is 2.04 bits per heavy atom. The number of rotatable bonds is 4. The van der Waals surface area contributed by atoms with Gasteiger partial charge in [0.1, 0.15) is 0 Å². The van der Waals surface area contributed by atoms with Crippen molar-refractivity contribution in [3.05, 3.63) is 75.3 Å². The molecule has 1 aliphatic carbocycles. The fraction of sp³-hybridized carbons (Fsp3) is 0.167. The van der Waals surface area contributed by atoms with Crippen LogP contribution in [-0.2, 0) is 12.8 Å². The van der Waals surface area contributed by atoms with Crippen LogP contribution in [-0.4, -0.2) is 4.92 Å². The highest BCUT2D eigenvalue weighted by Gasteiger charge is 2.13. The predicted molar refractivity (Wildman–Crippen MR) is 88.8 cm³/mol. The van der Waals surface area contributed by atoms with E-state index in [9.17, 15) is 10.1 Å². The van der Waals surface area contributed by atoms with Crippen LogP contribution in [0.3, 0.4) is 0 Å². The number of hydrogen-bond donors (Lipinski definition) is 1. The number of nitro benzene ring substituents is 1. The van der Waals surface area contributed by atoms with Crippen LogP contribution in [0.1, 0.15) is 23.1 Å². The van der Waals surface area contributed by atoms with Crippen molar-refractivity contribution in [3.63, 3.8) is 0 Å². The Balaban J connectivity index is 1.91. The van der Waals surface area contributed by atoms with E-state index in [0.29, 0.717) is 11.3 Å². The number of non-ortho nitro benzene ring substituents is 1. The third-order valence-corrected chi connectivity index (χ3v) is 3.95. The Hall–Kier alpha value is -3.13. The van der Waals surface area contributed by atoms with Crippen LogP contribution < -0.4 is 5.32 Å². The summed E-state index contributed by atoms with van der Waals surface area (Å²) < 4.78 is 0. The Kier molecular flexibility index (Phi) is 4.07. The van der Waals surface area contributed by atoms with Gasteiger partial charge in [0.15, 0.2) is 0 Å². The van der Waals surface area contributed by atoms with E-state index in [1.54, 1.807) is 12.1 Å². The monoisotopic (exact) mass is 305 g/mol. The molecular formula is C18H15N3O2. The van der Waals surface area contributed by atoms with E-state index in [2.05, 4.69) is 17.4 Å². The van der Waals surface area contributed by atoms with Gasteiger partial charge in [-0.05, 0) is 42.5 Å². The van der Waals surface area contributed by atoms with Crippen LogP contribution >= 0.6 is 0 Å². The molecule has 1 N–H and O–H groups in total. The standard InChI is InChI=1S/C18H15N3O2/c19-10-9-18(15-5-2-6-17(12-15)21(22)23)20-16-8-7-13-3-1-4-14(13)11-16/h2,5-9,11-12,20H,1,3-4H2/b18-9+. The van der Waals surface area contributed by atoms with Gasteiger partial charge < -0.3 is 5.32 Å². The molecule has 23 heavy (non-hydrogen) atoms. The highest BCUT2D eigenvalue weighted by molar-refractivity contribution is 5.79. The molecule has 2 aromatic carbocycles. The van der Waals surface area contributed by atoms with Gasteiger partial charge in [-0.15, -0.1) is 0 Å². The molecule has 5 heteroatoms. The first-order valence-corrected chi connectivity index (χ1v) is 7.41. The quantitative estimate of drug-likeness (QED) is 0.525. The van der Waals surface area contributed by atoms with Crippen molar-refractivity contribution in [2.75, 3.05) is 5.32 Å². The Morgan fingerprint density at radius 1 is 1.22 bits per heavy atom. The Morgan fingerprint density at radius 3 is 2.83 bits per heavy atom. The molecule has 0 spiro atoms. The first kappa shape index (κ1) is 14.8. The maximum absolute atomic E-state index is 10.9. The van der Waals surface area contributed by atoms with Crippen LogP contribution in [0.4, 0.5) is 11.4 Å². The van der Waals surface area contributed by atoms with Gasteiger partial charge in [-0.2, -0.15) is 5.26 Å². The molecule has 0 saturated heterocycles. The normalized spacial score (nSPS) is 13.3. The zero-order valence-corrected chi connectivity index (χ0v) is 12.5. The third-order valence-electron chi connectivity index (χ3n) is 3.95. The van der Waals surface area contributed by atoms with E-state index in [1.165, 1.54) is 35.8 Å². The van der Waals surface area contributed by atoms with Crippen molar-refractivity contribution in [3.8, 4) is 6.07 Å². The zero-order chi connectivity index (χ0) is 16.2. The van der Waals surface area contributed by atoms with Crippen molar-refractivity contribution in [2.24, 2.45) is 0 Å². The highest BCUT2D eigenvalue weighted by Crippen LogP contribution is 2.27. The van der Waals surface area contributed by atoms with Crippen molar-refractivity contribution >= 4 is 17.1 Å². The third kappa shape index (κ3) is 3.22. The number of hydrogen-bond acceptors (Lipinski definition) is 4. The lowest BCUT2D eigenvalue weighted by Gasteiger charge is -2.12. The number of anilines is 1. The van der Waals surface area contributed by atoms with Gasteiger partial charge in [0, 0.05) is 29.5 Å². The number of allylic oxidation sites excluding steroid dienone is 1. The SMILES string of the molecule is N#C/C=C(/Nc1ccc2c(c1)CCC2)c1cccc([N+](=O)[O-])c1. The van der Waals surface area contributed by atoms with Crippen molar-refractivity contribution in [1.29, 1.82) is 5.26 Å². The molecule has 0 aliphatic heterocycles. The minimum Gasteiger partial charge on any atom is -0.354 e. The topological polar surface area (TPSA) is 79.0 Å². The maximum Gasteiger partial charge on any atom is 0.270 e. The summed E-state index contributed by atoms with van der Waals surface area (Å²) in [6.07, 6.45) is 4.72. The van der Waals surface area contributed by atoms with E-state index < -0.39 is 4.92 Å². The molecule has 0 fully saturated rings. The van der Waals surface area contributed by atoms with E-state index in [4.69, 9.17) is 5.26 Å². The van der Waals surface area contributed by atoms with E-state index >= 15 is 0 Å². The van der Waals surface area contributed by atoms with Crippen LogP contribution in [0, 0.1) is 21.4 Å². The number of fused-ring (bicyclic) bond motifs is 1. The Bertz CT molecular complexity index is 834. The summed E-state index contributed by atoms with van der Waals surface area (Å²) in [7, 11) is 0. The average Bonchev–Trinajstić information content (AvgIpc) is 3.02. The molecule has 0 atom stereocenters. The van der Waals surface area contributed by atoms with E-state index in [0.717, 1.165) is 18.5 Å². The molecule has 0 saturated carbocycles. The lowest BCUT2D eigenvalue weighted by molar-refractivity contribution is -0.384. The maximum atomic E-state index is 10.9. The molecule has 0 bridgehead atoms. The van der Waals surface area contributed by atoms with Crippen LogP contribution in [0.15, 0.2) is 48.5 Å². The summed E-state index contributed by atoms with van der Waals surface area (Å²) in [4.78, 5) is 10.5. The molecule has 114 valence electrons. The molecule has 0 amide bonds. The van der Waals surface area contributed by atoms with Gasteiger partial charge in [-0.25, -0.2) is 0 Å². The second kappa shape index (κ2) is 6.32. The number of nitriles is 1. The van der Waals surface area contributed by atoms with Crippen molar-refractivity contribution in [2.45, 2.75) is 19.3 Å². The predicted octanol–water partition coefficient (Wildman–Crippen LogP) is 4.06. The van der Waals surface area contributed by atoms with Gasteiger partial charge in [0.25, 0.3) is 5.69 Å². The molecular weight excluding hydrogens is 290 g/mol. The fourth-order valence-corrected chi connectivity index (χ4v) is 2.85. The Labute approximate surface area is 134 Å². The van der Waals surface area contributed by atoms with Crippen molar-refractivity contribution < 1.29 is 4.92 Å². The van der Waals surface area contributed by atoms with Gasteiger partial charge in [0.2, 0.25) is 0 Å². The largest absolute Gasteiger partial charge is 0.354 e. The van der Waals surface area contributed by atoms with Gasteiger partial charge >= 0.3 is 0 Å². The van der Waals surface area contributed by atoms with E-state index in [-0.39, 0.29) is 5.69 Å². The second-order valence-electron chi connectivity index (χ2n) is 5.46. The summed E-state index contributed by atoms with van der Waals surface area (Å²) in [6, 6.07) is 14.4. The number of aryl methyl sites for hydroxylation is 2. The summed E-state index contributed by atoms with van der Waals surface area (Å²) >= 11 is 0. The van der Waals surface area contributed by atoms with Crippen LogP contribution in [0.5, 0.6) is 0 Å². The molecule has 0 aromatic heterocycles. The van der Waals surface area contributed by atoms with Crippen LogP contribution in [0.25, 0.3) is 5.70 Å². The molecule has 1 aliphatic rings. The van der Waals surface area contributed by atoms with Gasteiger partial charge in [0.05, 0.1) is 16.7 Å². The summed E-state index contributed by atoms with van der Waals surface area (Å²) in [5.74, 6) is 0. The molecule has 5 nitrogen and oxygen atoms in total. The molecule has 3 rings (SSSR count). The smallest absolute Gasteiger partial charge is 0.270 e. The molecule has 2 aromatic rings. The lowest BCUT2D eigenvalue weighted by atomic mass is 10.1.